The molecule has 1 atom stereocenters. The number of para-hydroxylation sites is 1. The molecule has 1 saturated heterocycles. The van der Waals surface area contributed by atoms with Crippen LogP contribution in [0, 0.1) is 12.8 Å². The van der Waals surface area contributed by atoms with Crippen LogP contribution in [0.1, 0.15) is 25.3 Å². The van der Waals surface area contributed by atoms with E-state index in [-0.39, 0.29) is 11.8 Å². The van der Waals surface area contributed by atoms with E-state index < -0.39 is 0 Å². The average molecular weight is 396 g/mol. The molecule has 4 rings (SSSR count). The Balaban J connectivity index is 1.50. The number of nitrogens with zero attached hydrogens (tertiary/aromatic N) is 5. The average Bonchev–Trinajstić information content (AvgIpc) is 3.42. The fourth-order valence-corrected chi connectivity index (χ4v) is 4.63. The van der Waals surface area contributed by atoms with Gasteiger partial charge in [0.15, 0.2) is 0 Å². The fraction of sp³-hybridized carbons (Fsp3) is 0.381. The number of carbonyl (C=O) groups excluding carboxylic acids is 1. The third kappa shape index (κ3) is 3.67. The molecule has 0 saturated carbocycles. The number of aryl methyl sites for hydroxylation is 1. The highest BCUT2D eigenvalue weighted by Crippen LogP contribution is 2.30. The molecule has 6 nitrogen and oxygen atoms in total. The van der Waals surface area contributed by atoms with Gasteiger partial charge in [-0.1, -0.05) is 29.5 Å². The molecule has 0 N–H and O–H groups in total. The van der Waals surface area contributed by atoms with E-state index in [1.54, 1.807) is 11.3 Å². The number of piperidine rings is 1. The molecule has 28 heavy (non-hydrogen) atoms. The van der Waals surface area contributed by atoms with Crippen LogP contribution in [0.4, 0.5) is 10.8 Å². The lowest BCUT2D eigenvalue weighted by atomic mass is 9.96. The van der Waals surface area contributed by atoms with Crippen LogP contribution in [0.3, 0.4) is 0 Å². The van der Waals surface area contributed by atoms with Crippen LogP contribution in [-0.2, 0) is 4.79 Å². The summed E-state index contributed by atoms with van der Waals surface area (Å²) in [5, 5.41) is 10.4. The molecule has 1 unspecified atom stereocenters. The van der Waals surface area contributed by atoms with E-state index in [1.165, 1.54) is 0 Å². The Bertz CT molecular complexity index is 936. The molecule has 1 aromatic carbocycles. The van der Waals surface area contributed by atoms with Gasteiger partial charge in [0.25, 0.3) is 0 Å². The van der Waals surface area contributed by atoms with Gasteiger partial charge in [0.1, 0.15) is 0 Å². The number of rotatable bonds is 5. The van der Waals surface area contributed by atoms with E-state index in [9.17, 15) is 4.79 Å². The molecule has 3 aromatic rings. The number of anilines is 2. The van der Waals surface area contributed by atoms with Crippen LogP contribution in [0.15, 0.2) is 48.8 Å². The Labute approximate surface area is 169 Å². The third-order valence-corrected chi connectivity index (χ3v) is 6.26. The van der Waals surface area contributed by atoms with Gasteiger partial charge >= 0.3 is 0 Å². The lowest BCUT2D eigenvalue weighted by Gasteiger charge is -2.34. The highest BCUT2D eigenvalue weighted by molar-refractivity contribution is 7.17. The Hall–Kier alpha value is -2.67. The minimum absolute atomic E-state index is 0.0211. The number of benzene rings is 1. The molecule has 0 spiro atoms. The summed E-state index contributed by atoms with van der Waals surface area (Å²) in [5.41, 5.74) is 2.14. The Morgan fingerprint density at radius 1 is 1.18 bits per heavy atom. The maximum absolute atomic E-state index is 13.3. The van der Waals surface area contributed by atoms with Crippen molar-refractivity contribution < 1.29 is 4.79 Å². The molecule has 0 bridgehead atoms. The zero-order chi connectivity index (χ0) is 19.5. The summed E-state index contributed by atoms with van der Waals surface area (Å²) in [6, 6.07) is 12.0. The lowest BCUT2D eigenvalue weighted by molar-refractivity contribution is -0.122. The monoisotopic (exact) mass is 395 g/mol. The molecule has 146 valence electrons. The van der Waals surface area contributed by atoms with E-state index >= 15 is 0 Å². The van der Waals surface area contributed by atoms with Gasteiger partial charge in [0.2, 0.25) is 16.2 Å². The first-order valence-corrected chi connectivity index (χ1v) is 10.6. The van der Waals surface area contributed by atoms with Crippen LogP contribution in [0.2, 0.25) is 0 Å². The van der Waals surface area contributed by atoms with Gasteiger partial charge in [-0.3, -0.25) is 9.36 Å². The second-order valence-corrected chi connectivity index (χ2v) is 8.05. The van der Waals surface area contributed by atoms with Crippen LogP contribution in [-0.4, -0.2) is 40.3 Å². The number of carbonyl (C=O) groups is 1. The van der Waals surface area contributed by atoms with Crippen molar-refractivity contribution >= 4 is 28.1 Å². The van der Waals surface area contributed by atoms with E-state index in [4.69, 9.17) is 0 Å². The largest absolute Gasteiger partial charge is 0.346 e. The predicted octanol–water partition coefficient (Wildman–Crippen LogP) is 3.91. The SMILES string of the molecule is CCN(C(=O)C1CCCN(c2nnc(-n3cccc3)s2)C1)c1ccccc1C. The number of amides is 1. The molecule has 2 aromatic heterocycles. The first-order valence-electron chi connectivity index (χ1n) is 9.76. The van der Waals surface area contributed by atoms with Gasteiger partial charge in [-0.05, 0) is 50.5 Å². The lowest BCUT2D eigenvalue weighted by Crippen LogP contribution is -2.45. The quantitative estimate of drug-likeness (QED) is 0.657. The van der Waals surface area contributed by atoms with Crippen molar-refractivity contribution in [2.75, 3.05) is 29.4 Å². The molecule has 1 aliphatic rings. The van der Waals surface area contributed by atoms with Crippen molar-refractivity contribution in [2.45, 2.75) is 26.7 Å². The van der Waals surface area contributed by atoms with Crippen molar-refractivity contribution in [1.82, 2.24) is 14.8 Å². The molecular weight excluding hydrogens is 370 g/mol. The predicted molar refractivity (Wildman–Crippen MR) is 113 cm³/mol. The summed E-state index contributed by atoms with van der Waals surface area (Å²) in [7, 11) is 0. The molecule has 1 fully saturated rings. The summed E-state index contributed by atoms with van der Waals surface area (Å²) in [6.45, 7) is 6.39. The summed E-state index contributed by atoms with van der Waals surface area (Å²) in [6.07, 6.45) is 5.84. The van der Waals surface area contributed by atoms with Crippen LogP contribution >= 0.6 is 11.3 Å². The second kappa shape index (κ2) is 8.14. The second-order valence-electron chi connectivity index (χ2n) is 7.11. The Morgan fingerprint density at radius 3 is 2.68 bits per heavy atom. The van der Waals surface area contributed by atoms with Gasteiger partial charge in [-0.25, -0.2) is 0 Å². The van der Waals surface area contributed by atoms with Crippen molar-refractivity contribution in [3.8, 4) is 5.13 Å². The topological polar surface area (TPSA) is 54.3 Å². The van der Waals surface area contributed by atoms with Gasteiger partial charge < -0.3 is 9.80 Å². The van der Waals surface area contributed by atoms with Gasteiger partial charge in [0.05, 0.1) is 5.92 Å². The van der Waals surface area contributed by atoms with Crippen molar-refractivity contribution in [1.29, 1.82) is 0 Å². The summed E-state index contributed by atoms with van der Waals surface area (Å²) in [5.74, 6) is 0.184. The van der Waals surface area contributed by atoms with E-state index in [0.29, 0.717) is 13.1 Å². The van der Waals surface area contributed by atoms with Gasteiger partial charge in [0, 0.05) is 37.7 Å². The summed E-state index contributed by atoms with van der Waals surface area (Å²) < 4.78 is 1.96. The molecule has 0 radical (unpaired) electrons. The van der Waals surface area contributed by atoms with Crippen molar-refractivity contribution in [2.24, 2.45) is 5.92 Å². The maximum Gasteiger partial charge on any atom is 0.231 e. The minimum Gasteiger partial charge on any atom is -0.346 e. The van der Waals surface area contributed by atoms with E-state index in [1.807, 2.05) is 59.1 Å². The smallest absolute Gasteiger partial charge is 0.231 e. The minimum atomic E-state index is -0.0211. The standard InChI is InChI=1S/C21H25N5OS/c1-3-26(18-11-5-4-9-16(18)2)19(27)17-10-8-14-25(15-17)21-23-22-20(28-21)24-12-6-7-13-24/h4-7,9,11-13,17H,3,8,10,14-15H2,1-2H3. The Kier molecular flexibility index (Phi) is 5.43. The molecular formula is C21H25N5OS. The van der Waals surface area contributed by atoms with Crippen LogP contribution < -0.4 is 9.80 Å². The molecule has 3 heterocycles. The van der Waals surface area contributed by atoms with E-state index in [0.717, 1.165) is 40.9 Å². The zero-order valence-corrected chi connectivity index (χ0v) is 17.1. The maximum atomic E-state index is 13.3. The van der Waals surface area contributed by atoms with E-state index in [2.05, 4.69) is 28.1 Å². The number of hydrogen-bond acceptors (Lipinski definition) is 5. The first kappa shape index (κ1) is 18.7. The van der Waals surface area contributed by atoms with Crippen molar-refractivity contribution in [3.05, 3.63) is 54.4 Å². The van der Waals surface area contributed by atoms with Crippen LogP contribution in [0.5, 0.6) is 0 Å². The number of aromatic nitrogens is 3. The summed E-state index contributed by atoms with van der Waals surface area (Å²) >= 11 is 1.57. The highest BCUT2D eigenvalue weighted by atomic mass is 32.1. The molecule has 7 heteroatoms. The first-order chi connectivity index (χ1) is 13.7. The van der Waals surface area contributed by atoms with Gasteiger partial charge in [-0.2, -0.15) is 0 Å². The van der Waals surface area contributed by atoms with Gasteiger partial charge in [-0.15, -0.1) is 10.2 Å². The molecule has 1 aliphatic heterocycles. The normalized spacial score (nSPS) is 16.9. The molecule has 0 aliphatic carbocycles. The highest BCUT2D eigenvalue weighted by Gasteiger charge is 2.31. The number of hydrogen-bond donors (Lipinski definition) is 0. The zero-order valence-electron chi connectivity index (χ0n) is 16.3. The Morgan fingerprint density at radius 2 is 1.93 bits per heavy atom. The van der Waals surface area contributed by atoms with Crippen LogP contribution in [0.25, 0.3) is 5.13 Å². The van der Waals surface area contributed by atoms with Crippen molar-refractivity contribution in [3.63, 3.8) is 0 Å². The fourth-order valence-electron chi connectivity index (χ4n) is 3.79. The molecule has 1 amide bonds. The summed E-state index contributed by atoms with van der Waals surface area (Å²) in [4.78, 5) is 17.4. The third-order valence-electron chi connectivity index (χ3n) is 5.26.